The normalized spacial score (nSPS) is 11.2. The molecular weight excluding hydrogens is 286 g/mol. The Morgan fingerprint density at radius 2 is 1.76 bits per heavy atom. The molecule has 0 radical (unpaired) electrons. The molecule has 0 atom stereocenters. The fraction of sp³-hybridized carbons (Fsp3) is 0. The van der Waals surface area contributed by atoms with Gasteiger partial charge in [-0.2, -0.15) is 0 Å². The summed E-state index contributed by atoms with van der Waals surface area (Å²) in [4.78, 5) is 33.5. The minimum absolute atomic E-state index is 0.377. The van der Waals surface area contributed by atoms with Gasteiger partial charge in [0.15, 0.2) is 0 Å². The van der Waals surface area contributed by atoms with E-state index in [0.717, 1.165) is 21.5 Å². The fourth-order valence-electron chi connectivity index (χ4n) is 2.34. The number of rotatable bonds is 1. The van der Waals surface area contributed by atoms with E-state index in [2.05, 4.69) is 15.0 Å². The van der Waals surface area contributed by atoms with E-state index < -0.39 is 5.69 Å². The number of nitrogens with zero attached hydrogens (tertiary/aromatic N) is 1. The highest BCUT2D eigenvalue weighted by atomic mass is 32.1. The third kappa shape index (κ3) is 1.88. The summed E-state index contributed by atoms with van der Waals surface area (Å²) in [5.74, 6) is 0. The third-order valence-electron chi connectivity index (χ3n) is 3.30. The zero-order valence-corrected chi connectivity index (χ0v) is 11.5. The van der Waals surface area contributed by atoms with Crippen LogP contribution in [0.5, 0.6) is 0 Å². The highest BCUT2D eigenvalue weighted by Crippen LogP contribution is 2.30. The van der Waals surface area contributed by atoms with E-state index in [9.17, 15) is 9.59 Å². The number of fused-ring (bicyclic) bond motifs is 3. The van der Waals surface area contributed by atoms with Crippen molar-refractivity contribution in [1.29, 1.82) is 0 Å². The van der Waals surface area contributed by atoms with Crippen LogP contribution in [0.2, 0.25) is 0 Å². The van der Waals surface area contributed by atoms with Crippen molar-refractivity contribution in [3.63, 3.8) is 0 Å². The zero-order chi connectivity index (χ0) is 14.4. The van der Waals surface area contributed by atoms with Gasteiger partial charge in [-0.05, 0) is 12.1 Å². The number of thiophene rings is 1. The molecule has 0 saturated carbocycles. The molecule has 6 heteroatoms. The molecule has 0 amide bonds. The Kier molecular flexibility index (Phi) is 2.52. The molecule has 5 nitrogen and oxygen atoms in total. The van der Waals surface area contributed by atoms with Crippen molar-refractivity contribution in [1.82, 2.24) is 15.0 Å². The first-order chi connectivity index (χ1) is 10.2. The first kappa shape index (κ1) is 12.0. The van der Waals surface area contributed by atoms with Crippen molar-refractivity contribution in [2.45, 2.75) is 0 Å². The number of benzene rings is 1. The smallest absolute Gasteiger partial charge is 0.305 e. The largest absolute Gasteiger partial charge is 0.326 e. The van der Waals surface area contributed by atoms with Crippen LogP contribution in [0.25, 0.3) is 31.7 Å². The average Bonchev–Trinajstić information content (AvgIpc) is 2.86. The Bertz CT molecular complexity index is 1080. The molecule has 1 aromatic carbocycles. The van der Waals surface area contributed by atoms with Crippen LogP contribution < -0.4 is 11.2 Å². The van der Waals surface area contributed by atoms with Gasteiger partial charge < -0.3 is 4.98 Å². The second kappa shape index (κ2) is 4.39. The highest BCUT2D eigenvalue weighted by Gasteiger charge is 2.11. The van der Waals surface area contributed by atoms with Crippen LogP contribution in [0.3, 0.4) is 0 Å². The van der Waals surface area contributed by atoms with Crippen molar-refractivity contribution in [2.24, 2.45) is 0 Å². The van der Waals surface area contributed by atoms with E-state index >= 15 is 0 Å². The van der Waals surface area contributed by atoms with E-state index in [1.807, 2.05) is 42.5 Å². The fourth-order valence-corrected chi connectivity index (χ4v) is 3.36. The molecule has 0 aliphatic rings. The topological polar surface area (TPSA) is 78.6 Å². The van der Waals surface area contributed by atoms with E-state index in [1.165, 1.54) is 11.3 Å². The van der Waals surface area contributed by atoms with Gasteiger partial charge in [0.1, 0.15) is 9.53 Å². The maximum atomic E-state index is 11.8. The predicted octanol–water partition coefficient (Wildman–Crippen LogP) is 2.49. The Morgan fingerprint density at radius 3 is 2.57 bits per heavy atom. The Morgan fingerprint density at radius 1 is 0.952 bits per heavy atom. The Labute approximate surface area is 121 Å². The van der Waals surface area contributed by atoms with E-state index in [1.54, 1.807) is 0 Å². The summed E-state index contributed by atoms with van der Waals surface area (Å²) in [7, 11) is 0. The number of H-pyrrole nitrogens is 2. The standard InChI is InChI=1S/C15H9N3O2S/c19-13-12-11(17-15(20)18-13)9-6-7-10(16-14(9)21-12)8-4-2-1-3-5-8/h1-7H,(H2,17,18,19,20). The highest BCUT2D eigenvalue weighted by molar-refractivity contribution is 7.25. The first-order valence-corrected chi connectivity index (χ1v) is 7.15. The maximum absolute atomic E-state index is 11.8. The molecule has 0 unspecified atom stereocenters. The lowest BCUT2D eigenvalue weighted by atomic mass is 10.1. The van der Waals surface area contributed by atoms with Gasteiger partial charge in [0, 0.05) is 10.9 Å². The lowest BCUT2D eigenvalue weighted by Crippen LogP contribution is -2.20. The molecule has 4 rings (SSSR count). The van der Waals surface area contributed by atoms with Gasteiger partial charge in [0.2, 0.25) is 0 Å². The van der Waals surface area contributed by atoms with Crippen molar-refractivity contribution in [3.05, 3.63) is 63.3 Å². The molecule has 0 aliphatic heterocycles. The van der Waals surface area contributed by atoms with Crippen LogP contribution in [-0.2, 0) is 0 Å². The number of aromatic nitrogens is 3. The first-order valence-electron chi connectivity index (χ1n) is 6.34. The molecule has 4 aromatic rings. The van der Waals surface area contributed by atoms with Gasteiger partial charge in [-0.15, -0.1) is 11.3 Å². The SMILES string of the molecule is O=c1[nH]c(=O)c2sc3nc(-c4ccccc4)ccc3c2[nH]1. The van der Waals surface area contributed by atoms with Crippen LogP contribution >= 0.6 is 11.3 Å². The van der Waals surface area contributed by atoms with Crippen molar-refractivity contribution in [2.75, 3.05) is 0 Å². The second-order valence-electron chi connectivity index (χ2n) is 4.63. The summed E-state index contributed by atoms with van der Waals surface area (Å²) < 4.78 is 0.488. The van der Waals surface area contributed by atoms with Gasteiger partial charge in [0.05, 0.1) is 11.2 Å². The van der Waals surface area contributed by atoms with E-state index in [-0.39, 0.29) is 5.56 Å². The Hall–Kier alpha value is -2.73. The van der Waals surface area contributed by atoms with Crippen molar-refractivity contribution in [3.8, 4) is 11.3 Å². The minimum atomic E-state index is -0.501. The molecule has 3 aromatic heterocycles. The summed E-state index contributed by atoms with van der Waals surface area (Å²) in [5, 5.41) is 0.790. The van der Waals surface area contributed by atoms with Crippen molar-refractivity contribution >= 4 is 31.8 Å². The maximum Gasteiger partial charge on any atom is 0.326 e. The molecular formula is C15H9N3O2S. The summed E-state index contributed by atoms with van der Waals surface area (Å²) >= 11 is 1.28. The van der Waals surface area contributed by atoms with Gasteiger partial charge >= 0.3 is 5.69 Å². The molecule has 0 aliphatic carbocycles. The second-order valence-corrected chi connectivity index (χ2v) is 5.63. The van der Waals surface area contributed by atoms with Gasteiger partial charge in [-0.25, -0.2) is 9.78 Å². The number of aromatic amines is 2. The van der Waals surface area contributed by atoms with Crippen LogP contribution in [0, 0.1) is 0 Å². The van der Waals surface area contributed by atoms with E-state index in [0.29, 0.717) is 10.2 Å². The molecule has 0 saturated heterocycles. The number of nitrogens with one attached hydrogen (secondary N) is 2. The predicted molar refractivity (Wildman–Crippen MR) is 83.8 cm³/mol. The van der Waals surface area contributed by atoms with Gasteiger partial charge in [0.25, 0.3) is 5.56 Å². The number of hydrogen-bond donors (Lipinski definition) is 2. The summed E-state index contributed by atoms with van der Waals surface area (Å²) in [6.45, 7) is 0. The summed E-state index contributed by atoms with van der Waals surface area (Å²) in [6.07, 6.45) is 0. The third-order valence-corrected chi connectivity index (χ3v) is 4.39. The van der Waals surface area contributed by atoms with Gasteiger partial charge in [-0.3, -0.25) is 9.78 Å². The van der Waals surface area contributed by atoms with Crippen LogP contribution in [-0.4, -0.2) is 15.0 Å². The molecule has 0 bridgehead atoms. The molecule has 102 valence electrons. The molecule has 2 N–H and O–H groups in total. The molecule has 0 spiro atoms. The Balaban J connectivity index is 2.06. The minimum Gasteiger partial charge on any atom is -0.305 e. The van der Waals surface area contributed by atoms with Crippen LogP contribution in [0.1, 0.15) is 0 Å². The summed E-state index contributed by atoms with van der Waals surface area (Å²) in [6, 6.07) is 13.6. The van der Waals surface area contributed by atoms with E-state index in [4.69, 9.17) is 0 Å². The zero-order valence-electron chi connectivity index (χ0n) is 10.7. The van der Waals surface area contributed by atoms with Gasteiger partial charge in [-0.1, -0.05) is 30.3 Å². The lowest BCUT2D eigenvalue weighted by molar-refractivity contribution is 1.09. The molecule has 0 fully saturated rings. The lowest BCUT2D eigenvalue weighted by Gasteiger charge is -2.00. The number of pyridine rings is 1. The number of hydrogen-bond acceptors (Lipinski definition) is 4. The summed E-state index contributed by atoms with van der Waals surface area (Å²) in [5.41, 5.74) is 1.53. The molecule has 21 heavy (non-hydrogen) atoms. The monoisotopic (exact) mass is 295 g/mol. The van der Waals surface area contributed by atoms with Crippen LogP contribution in [0.15, 0.2) is 52.1 Å². The van der Waals surface area contributed by atoms with Crippen molar-refractivity contribution < 1.29 is 0 Å². The molecule has 3 heterocycles. The quantitative estimate of drug-likeness (QED) is 0.566. The average molecular weight is 295 g/mol. The van der Waals surface area contributed by atoms with Crippen LogP contribution in [0.4, 0.5) is 0 Å².